The van der Waals surface area contributed by atoms with Crippen molar-refractivity contribution in [1.29, 1.82) is 0 Å². The van der Waals surface area contributed by atoms with Crippen molar-refractivity contribution in [2.75, 3.05) is 0 Å². The molecule has 1 saturated carbocycles. The van der Waals surface area contributed by atoms with Gasteiger partial charge >= 0.3 is 0 Å². The Kier molecular flexibility index (Phi) is 2.07. The summed E-state index contributed by atoms with van der Waals surface area (Å²) in [6, 6.07) is 6.89. The summed E-state index contributed by atoms with van der Waals surface area (Å²) in [4.78, 5) is 0. The van der Waals surface area contributed by atoms with Gasteiger partial charge in [-0.1, -0.05) is 29.8 Å². The summed E-state index contributed by atoms with van der Waals surface area (Å²) in [7, 11) is 0. The molecule has 1 aromatic rings. The van der Waals surface area contributed by atoms with Gasteiger partial charge in [-0.3, -0.25) is 0 Å². The molecular weight excluding hydrogens is 206 g/mol. The fraction of sp³-hybridized carbons (Fsp3) is 0.455. The van der Waals surface area contributed by atoms with E-state index in [9.17, 15) is 8.78 Å². The van der Waals surface area contributed by atoms with Crippen molar-refractivity contribution in [3.8, 4) is 0 Å². The van der Waals surface area contributed by atoms with Gasteiger partial charge in [0.15, 0.2) is 0 Å². The highest BCUT2D eigenvalue weighted by molar-refractivity contribution is 6.31. The zero-order valence-corrected chi connectivity index (χ0v) is 8.61. The van der Waals surface area contributed by atoms with E-state index in [2.05, 4.69) is 0 Å². The average Bonchev–Trinajstić information content (AvgIpc) is 2.84. The topological polar surface area (TPSA) is 0 Å². The predicted molar refractivity (Wildman–Crippen MR) is 53.0 cm³/mol. The molecule has 0 bridgehead atoms. The quantitative estimate of drug-likeness (QED) is 0.700. The highest BCUT2D eigenvalue weighted by atomic mass is 35.5. The molecule has 14 heavy (non-hydrogen) atoms. The van der Waals surface area contributed by atoms with Gasteiger partial charge in [0.1, 0.15) is 0 Å². The van der Waals surface area contributed by atoms with Crippen molar-refractivity contribution >= 4 is 11.6 Å². The maximum absolute atomic E-state index is 13.4. The first-order valence-electron chi connectivity index (χ1n) is 4.60. The van der Waals surface area contributed by atoms with E-state index in [1.165, 1.54) is 0 Å². The smallest absolute Gasteiger partial charge is 0.206 e. The molecule has 0 unspecified atom stereocenters. The van der Waals surface area contributed by atoms with E-state index >= 15 is 0 Å². The van der Waals surface area contributed by atoms with E-state index in [4.69, 9.17) is 11.6 Å². The first-order valence-corrected chi connectivity index (χ1v) is 4.98. The molecule has 3 heteroatoms. The van der Waals surface area contributed by atoms with Crippen LogP contribution in [0.5, 0.6) is 0 Å². The van der Waals surface area contributed by atoms with Gasteiger partial charge in [-0.15, -0.1) is 0 Å². The van der Waals surface area contributed by atoms with Crippen LogP contribution in [0.25, 0.3) is 0 Å². The maximum atomic E-state index is 13.4. The molecule has 0 heterocycles. The summed E-state index contributed by atoms with van der Waals surface area (Å²) in [5.41, 5.74) is -0.403. The third-order valence-corrected chi connectivity index (χ3v) is 3.31. The molecule has 0 aliphatic heterocycles. The summed E-state index contributed by atoms with van der Waals surface area (Å²) >= 11 is 5.92. The number of hydrogen-bond acceptors (Lipinski definition) is 0. The SMILES string of the molecule is CC(F)(F)C1(c2ccccc2Cl)CC1. The van der Waals surface area contributed by atoms with Gasteiger partial charge in [0.25, 0.3) is 5.92 Å². The lowest BCUT2D eigenvalue weighted by Gasteiger charge is -2.24. The molecule has 0 aromatic heterocycles. The average molecular weight is 217 g/mol. The van der Waals surface area contributed by atoms with Gasteiger partial charge in [0.2, 0.25) is 0 Å². The van der Waals surface area contributed by atoms with Crippen LogP contribution in [0, 0.1) is 0 Å². The summed E-state index contributed by atoms with van der Waals surface area (Å²) < 4.78 is 26.7. The number of benzene rings is 1. The molecule has 0 N–H and O–H groups in total. The third kappa shape index (κ3) is 1.33. The van der Waals surface area contributed by atoms with Crippen molar-refractivity contribution in [3.63, 3.8) is 0 Å². The Bertz CT molecular complexity index is 351. The molecule has 1 aromatic carbocycles. The number of hydrogen-bond donors (Lipinski definition) is 0. The molecule has 0 amide bonds. The van der Waals surface area contributed by atoms with Crippen molar-refractivity contribution in [2.24, 2.45) is 0 Å². The van der Waals surface area contributed by atoms with E-state index in [-0.39, 0.29) is 0 Å². The first kappa shape index (κ1) is 9.91. The minimum Gasteiger partial charge on any atom is -0.206 e. The van der Waals surface area contributed by atoms with Gasteiger partial charge in [0.05, 0.1) is 5.41 Å². The van der Waals surface area contributed by atoms with E-state index in [0.717, 1.165) is 6.92 Å². The Labute approximate surface area is 86.9 Å². The van der Waals surface area contributed by atoms with Crippen LogP contribution >= 0.6 is 11.6 Å². The van der Waals surface area contributed by atoms with Crippen molar-refractivity contribution < 1.29 is 8.78 Å². The molecule has 0 atom stereocenters. The number of rotatable bonds is 2. The molecule has 1 aliphatic rings. The van der Waals surface area contributed by atoms with Crippen LogP contribution in [0.2, 0.25) is 5.02 Å². The van der Waals surface area contributed by atoms with Crippen molar-refractivity contribution in [2.45, 2.75) is 31.1 Å². The van der Waals surface area contributed by atoms with Crippen LogP contribution in [0.3, 0.4) is 0 Å². The molecule has 0 radical (unpaired) electrons. The van der Waals surface area contributed by atoms with Crippen LogP contribution in [-0.2, 0) is 5.41 Å². The highest BCUT2D eigenvalue weighted by Crippen LogP contribution is 2.59. The predicted octanol–water partition coefficient (Wildman–Crippen LogP) is 4.03. The lowest BCUT2D eigenvalue weighted by atomic mass is 9.90. The van der Waals surface area contributed by atoms with Gasteiger partial charge in [-0.2, -0.15) is 0 Å². The summed E-state index contributed by atoms with van der Waals surface area (Å²) in [6.07, 6.45) is 1.06. The van der Waals surface area contributed by atoms with Crippen LogP contribution in [0.15, 0.2) is 24.3 Å². The normalized spacial score (nSPS) is 19.4. The van der Waals surface area contributed by atoms with Crippen molar-refractivity contribution in [1.82, 2.24) is 0 Å². The van der Waals surface area contributed by atoms with E-state index in [0.29, 0.717) is 23.4 Å². The summed E-state index contributed by atoms with van der Waals surface area (Å²) in [5.74, 6) is -2.68. The monoisotopic (exact) mass is 216 g/mol. The van der Waals surface area contributed by atoms with E-state index in [1.807, 2.05) is 0 Å². The zero-order chi connectivity index (χ0) is 10.4. The van der Waals surface area contributed by atoms with Gasteiger partial charge in [0, 0.05) is 11.9 Å². The Morgan fingerprint density at radius 1 is 1.29 bits per heavy atom. The van der Waals surface area contributed by atoms with Crippen molar-refractivity contribution in [3.05, 3.63) is 34.9 Å². The van der Waals surface area contributed by atoms with Gasteiger partial charge in [-0.05, 0) is 24.5 Å². The highest BCUT2D eigenvalue weighted by Gasteiger charge is 2.60. The number of halogens is 3. The molecule has 0 spiro atoms. The molecule has 1 fully saturated rings. The van der Waals surface area contributed by atoms with Crippen LogP contribution in [0.1, 0.15) is 25.3 Å². The second-order valence-electron chi connectivity index (χ2n) is 3.95. The third-order valence-electron chi connectivity index (χ3n) is 2.98. The summed E-state index contributed by atoms with van der Waals surface area (Å²) in [5, 5.41) is 0.450. The lowest BCUT2D eigenvalue weighted by Crippen LogP contribution is -2.30. The fourth-order valence-corrected chi connectivity index (χ4v) is 2.24. The molecule has 0 saturated heterocycles. The maximum Gasteiger partial charge on any atom is 0.254 e. The molecule has 1 aliphatic carbocycles. The zero-order valence-electron chi connectivity index (χ0n) is 7.86. The van der Waals surface area contributed by atoms with Gasteiger partial charge < -0.3 is 0 Å². The Morgan fingerprint density at radius 2 is 1.86 bits per heavy atom. The minimum absolute atomic E-state index is 0.450. The van der Waals surface area contributed by atoms with Crippen LogP contribution in [-0.4, -0.2) is 5.92 Å². The van der Waals surface area contributed by atoms with Crippen LogP contribution < -0.4 is 0 Å². The Morgan fingerprint density at radius 3 is 2.29 bits per heavy atom. The molecule has 76 valence electrons. The Balaban J connectivity index is 2.46. The molecule has 0 nitrogen and oxygen atoms in total. The van der Waals surface area contributed by atoms with E-state index < -0.39 is 11.3 Å². The second kappa shape index (κ2) is 2.93. The standard InChI is InChI=1S/C11H11ClF2/c1-10(13,14)11(6-7-11)8-4-2-3-5-9(8)12/h2-5H,6-7H2,1H3. The second-order valence-corrected chi connectivity index (χ2v) is 4.36. The summed E-state index contributed by atoms with van der Waals surface area (Å²) in [6.45, 7) is 0.976. The molecule has 2 rings (SSSR count). The minimum atomic E-state index is -2.68. The van der Waals surface area contributed by atoms with E-state index in [1.54, 1.807) is 24.3 Å². The first-order chi connectivity index (χ1) is 6.47. The largest absolute Gasteiger partial charge is 0.254 e. The van der Waals surface area contributed by atoms with Crippen LogP contribution in [0.4, 0.5) is 8.78 Å². The fourth-order valence-electron chi connectivity index (χ4n) is 1.92. The molecular formula is C11H11ClF2. The Hall–Kier alpha value is -0.630. The number of alkyl halides is 2. The lowest BCUT2D eigenvalue weighted by molar-refractivity contribution is -0.0199. The van der Waals surface area contributed by atoms with Gasteiger partial charge in [-0.25, -0.2) is 8.78 Å².